The average Bonchev–Trinajstić information content (AvgIpc) is 2.35. The molecule has 1 fully saturated rings. The lowest BCUT2D eigenvalue weighted by Gasteiger charge is -2.32. The van der Waals surface area contributed by atoms with E-state index < -0.39 is 35.8 Å². The van der Waals surface area contributed by atoms with Gasteiger partial charge in [-0.15, -0.1) is 0 Å². The zero-order valence-electron chi connectivity index (χ0n) is 13.5. The van der Waals surface area contributed by atoms with Gasteiger partial charge in [0.1, 0.15) is 5.78 Å². The molecule has 124 valence electrons. The summed E-state index contributed by atoms with van der Waals surface area (Å²) in [4.78, 5) is 47.1. The molecular weight excluding hydrogens is 288 g/mol. The van der Waals surface area contributed by atoms with E-state index in [0.717, 1.165) is 32.1 Å². The van der Waals surface area contributed by atoms with Crippen LogP contribution in [0.25, 0.3) is 0 Å². The van der Waals surface area contributed by atoms with E-state index >= 15 is 0 Å². The van der Waals surface area contributed by atoms with Crippen LogP contribution in [-0.4, -0.2) is 29.3 Å². The molecule has 22 heavy (non-hydrogen) atoms. The minimum atomic E-state index is -1.63. The number of ether oxygens (including phenoxy) is 2. The van der Waals surface area contributed by atoms with Crippen molar-refractivity contribution in [2.45, 2.75) is 71.5 Å². The Labute approximate surface area is 130 Å². The van der Waals surface area contributed by atoms with Crippen LogP contribution in [0, 0.1) is 5.92 Å². The molecule has 0 saturated carbocycles. The third kappa shape index (κ3) is 5.58. The van der Waals surface area contributed by atoms with Crippen LogP contribution in [0.3, 0.4) is 0 Å². The fraction of sp³-hybridized carbons (Fsp3) is 0.750. The number of esters is 2. The lowest BCUT2D eigenvalue weighted by Crippen LogP contribution is -2.49. The second-order valence-electron chi connectivity index (χ2n) is 6.02. The maximum absolute atomic E-state index is 12.0. The molecule has 6 nitrogen and oxygen atoms in total. The number of rotatable bonds is 9. The molecule has 0 bridgehead atoms. The lowest BCUT2D eigenvalue weighted by molar-refractivity contribution is -0.238. The SMILES string of the molecule is CCCCCCCC(=O)CC(=O)C1C(=O)OC(C)(C)OC1=O. The summed E-state index contributed by atoms with van der Waals surface area (Å²) in [6, 6.07) is 0. The van der Waals surface area contributed by atoms with E-state index in [0.29, 0.717) is 0 Å². The first-order chi connectivity index (χ1) is 10.3. The number of carbonyl (C=O) groups excluding carboxylic acids is 4. The molecule has 1 aliphatic heterocycles. The largest absolute Gasteiger partial charge is 0.422 e. The number of ketones is 2. The van der Waals surface area contributed by atoms with Gasteiger partial charge >= 0.3 is 11.9 Å². The van der Waals surface area contributed by atoms with Gasteiger partial charge in [-0.3, -0.25) is 19.2 Å². The van der Waals surface area contributed by atoms with Crippen LogP contribution in [0.1, 0.15) is 65.7 Å². The van der Waals surface area contributed by atoms with Crippen LogP contribution in [0.4, 0.5) is 0 Å². The van der Waals surface area contributed by atoms with E-state index in [1.54, 1.807) is 0 Å². The summed E-state index contributed by atoms with van der Waals surface area (Å²) < 4.78 is 9.74. The summed E-state index contributed by atoms with van der Waals surface area (Å²) in [5, 5.41) is 0. The first-order valence-corrected chi connectivity index (χ1v) is 7.77. The van der Waals surface area contributed by atoms with Crippen molar-refractivity contribution in [2.24, 2.45) is 5.92 Å². The molecule has 0 atom stereocenters. The molecule has 0 aliphatic carbocycles. The van der Waals surface area contributed by atoms with Gasteiger partial charge in [-0.25, -0.2) is 0 Å². The van der Waals surface area contributed by atoms with Crippen molar-refractivity contribution < 1.29 is 28.7 Å². The van der Waals surface area contributed by atoms with E-state index in [1.807, 2.05) is 0 Å². The van der Waals surface area contributed by atoms with E-state index in [2.05, 4.69) is 6.92 Å². The minimum absolute atomic E-state index is 0.257. The van der Waals surface area contributed by atoms with Crippen molar-refractivity contribution in [3.05, 3.63) is 0 Å². The standard InChI is InChI=1S/C16H24O6/c1-4-5-6-7-8-9-11(17)10-12(18)13-14(19)21-16(2,3)22-15(13)20/h13H,4-10H2,1-3H3. The molecule has 0 radical (unpaired) electrons. The maximum Gasteiger partial charge on any atom is 0.331 e. The molecular formula is C16H24O6. The number of carbonyl (C=O) groups is 4. The highest BCUT2D eigenvalue weighted by atomic mass is 16.7. The van der Waals surface area contributed by atoms with E-state index in [-0.39, 0.29) is 12.2 Å². The summed E-state index contributed by atoms with van der Waals surface area (Å²) >= 11 is 0. The molecule has 6 heteroatoms. The summed E-state index contributed by atoms with van der Waals surface area (Å²) in [6.45, 7) is 4.92. The highest BCUT2D eigenvalue weighted by Crippen LogP contribution is 2.24. The monoisotopic (exact) mass is 312 g/mol. The van der Waals surface area contributed by atoms with Gasteiger partial charge < -0.3 is 9.47 Å². The summed E-state index contributed by atoms with van der Waals surface area (Å²) in [5.41, 5.74) is 0. The molecule has 1 saturated heterocycles. The van der Waals surface area contributed by atoms with E-state index in [9.17, 15) is 19.2 Å². The van der Waals surface area contributed by atoms with Crippen molar-refractivity contribution in [2.75, 3.05) is 0 Å². The molecule has 1 rings (SSSR count). The molecule has 0 aromatic rings. The van der Waals surface area contributed by atoms with E-state index in [1.165, 1.54) is 13.8 Å². The first kappa shape index (κ1) is 18.3. The Morgan fingerprint density at radius 1 is 1.00 bits per heavy atom. The van der Waals surface area contributed by atoms with Gasteiger partial charge in [0, 0.05) is 20.3 Å². The van der Waals surface area contributed by atoms with Crippen molar-refractivity contribution >= 4 is 23.5 Å². The van der Waals surface area contributed by atoms with Crippen molar-refractivity contribution in [3.8, 4) is 0 Å². The van der Waals surface area contributed by atoms with Crippen LogP contribution >= 0.6 is 0 Å². The Bertz CT molecular complexity index is 432. The quantitative estimate of drug-likeness (QED) is 0.369. The Morgan fingerprint density at radius 2 is 1.55 bits per heavy atom. The summed E-state index contributed by atoms with van der Waals surface area (Å²) in [6.07, 6.45) is 4.83. The van der Waals surface area contributed by atoms with Crippen molar-refractivity contribution in [1.29, 1.82) is 0 Å². The van der Waals surface area contributed by atoms with Crippen LogP contribution in [0.5, 0.6) is 0 Å². The zero-order chi connectivity index (χ0) is 16.8. The predicted molar refractivity (Wildman–Crippen MR) is 77.8 cm³/mol. The number of hydrogen-bond acceptors (Lipinski definition) is 6. The molecule has 0 spiro atoms. The minimum Gasteiger partial charge on any atom is -0.422 e. The van der Waals surface area contributed by atoms with Gasteiger partial charge in [0.15, 0.2) is 5.78 Å². The molecule has 1 aliphatic rings. The Kier molecular flexibility index (Phi) is 6.71. The van der Waals surface area contributed by atoms with Crippen LogP contribution < -0.4 is 0 Å². The van der Waals surface area contributed by atoms with Gasteiger partial charge in [0.2, 0.25) is 5.92 Å². The van der Waals surface area contributed by atoms with Gasteiger partial charge in [0.25, 0.3) is 5.79 Å². The molecule has 0 unspecified atom stereocenters. The molecule has 1 heterocycles. The van der Waals surface area contributed by atoms with Crippen molar-refractivity contribution in [3.63, 3.8) is 0 Å². The maximum atomic E-state index is 12.0. The van der Waals surface area contributed by atoms with Crippen LogP contribution in [-0.2, 0) is 28.7 Å². The molecule has 0 aromatic carbocycles. The highest BCUT2D eigenvalue weighted by Gasteiger charge is 2.47. The topological polar surface area (TPSA) is 86.7 Å². The zero-order valence-corrected chi connectivity index (χ0v) is 13.5. The number of Topliss-reactive ketones (excluding diaryl/α,β-unsaturated/α-hetero) is 2. The van der Waals surface area contributed by atoms with Crippen molar-refractivity contribution in [1.82, 2.24) is 0 Å². The summed E-state index contributed by atoms with van der Waals surface area (Å²) in [5.74, 6) is -5.88. The average molecular weight is 312 g/mol. The van der Waals surface area contributed by atoms with Gasteiger partial charge in [-0.2, -0.15) is 0 Å². The van der Waals surface area contributed by atoms with E-state index in [4.69, 9.17) is 9.47 Å². The van der Waals surface area contributed by atoms with Gasteiger partial charge in [0.05, 0.1) is 6.42 Å². The smallest absolute Gasteiger partial charge is 0.331 e. The number of cyclic esters (lactones) is 2. The van der Waals surface area contributed by atoms with Crippen LogP contribution in [0.15, 0.2) is 0 Å². The predicted octanol–water partition coefficient (Wildman–Crippen LogP) is 2.33. The highest BCUT2D eigenvalue weighted by molar-refractivity contribution is 6.19. The second kappa shape index (κ2) is 8.06. The molecule has 0 amide bonds. The third-order valence-electron chi connectivity index (χ3n) is 3.42. The second-order valence-corrected chi connectivity index (χ2v) is 6.02. The first-order valence-electron chi connectivity index (χ1n) is 7.77. The fourth-order valence-electron chi connectivity index (χ4n) is 2.29. The molecule has 0 aromatic heterocycles. The fourth-order valence-corrected chi connectivity index (χ4v) is 2.29. The van der Waals surface area contributed by atoms with Crippen LogP contribution in [0.2, 0.25) is 0 Å². The normalized spacial score (nSPS) is 17.8. The Balaban J connectivity index is 2.43. The Morgan fingerprint density at radius 3 is 2.09 bits per heavy atom. The lowest BCUT2D eigenvalue weighted by atomic mass is 9.97. The third-order valence-corrected chi connectivity index (χ3v) is 3.42. The number of unbranched alkanes of at least 4 members (excludes halogenated alkanes) is 4. The number of hydrogen-bond donors (Lipinski definition) is 0. The Hall–Kier alpha value is -1.72. The summed E-state index contributed by atoms with van der Waals surface area (Å²) in [7, 11) is 0. The molecule has 0 N–H and O–H groups in total. The van der Waals surface area contributed by atoms with Gasteiger partial charge in [-0.1, -0.05) is 32.6 Å². The van der Waals surface area contributed by atoms with Gasteiger partial charge in [-0.05, 0) is 6.42 Å².